The summed E-state index contributed by atoms with van der Waals surface area (Å²) in [5.74, 6) is 0.0686. The van der Waals surface area contributed by atoms with Crippen LogP contribution >= 0.6 is 15.9 Å². The van der Waals surface area contributed by atoms with Crippen molar-refractivity contribution < 1.29 is 33.8 Å². The number of Topliss-reactive ketones (excluding diaryl/α,β-unsaturated/α-hetero) is 1. The molecule has 0 saturated carbocycles. The molecule has 6 aromatic heterocycles. The van der Waals surface area contributed by atoms with Crippen LogP contribution in [0.5, 0.6) is 0 Å². The normalized spacial score (nSPS) is 9.93. The van der Waals surface area contributed by atoms with Gasteiger partial charge in [-0.2, -0.15) is 20.6 Å². The molecular weight excluding hydrogens is 1360 g/mol. The van der Waals surface area contributed by atoms with Crippen LogP contribution in [0.2, 0.25) is 0 Å². The van der Waals surface area contributed by atoms with E-state index in [9.17, 15) is 24.3 Å². The fourth-order valence-corrected chi connectivity index (χ4v) is 10.0. The van der Waals surface area contributed by atoms with Gasteiger partial charge in [0, 0.05) is 65.2 Å². The Bertz CT molecular complexity index is 5010. The minimum absolute atomic E-state index is 0. The summed E-state index contributed by atoms with van der Waals surface area (Å²) in [4.78, 5) is 57.5. The van der Waals surface area contributed by atoms with Crippen LogP contribution in [-0.4, -0.2) is 87.3 Å². The number of carbonyl (C=O) groups excluding carboxylic acids is 3. The number of rotatable bonds is 15. The maximum atomic E-state index is 12.1. The fourth-order valence-electron chi connectivity index (χ4n) is 9.62. The number of carboxylic acid groups (broad SMARTS) is 1. The number of nitrogens with two attached hydrogens (primary N) is 1. The number of benzene rings is 8. The molecule has 0 aliphatic heterocycles. The van der Waals surface area contributed by atoms with Crippen molar-refractivity contribution in [1.82, 2.24) is 50.4 Å². The molecule has 0 spiro atoms. The summed E-state index contributed by atoms with van der Waals surface area (Å²) in [6.07, 6.45) is 9.15. The van der Waals surface area contributed by atoms with Gasteiger partial charge in [0.25, 0.3) is 0 Å². The average molecular weight is 1430 g/mol. The zero-order valence-electron chi connectivity index (χ0n) is 56.3. The molecule has 6 heterocycles. The van der Waals surface area contributed by atoms with Crippen molar-refractivity contribution >= 4 is 68.4 Å². The summed E-state index contributed by atoms with van der Waals surface area (Å²) in [5, 5.41) is 38.1. The number of nitrogen functional groups attached to an aromatic ring is 1. The number of aromatic nitrogens is 9. The molecule has 8 N–H and O–H groups in total. The van der Waals surface area contributed by atoms with E-state index in [0.717, 1.165) is 50.8 Å². The van der Waals surface area contributed by atoms with Crippen molar-refractivity contribution in [2.24, 2.45) is 0 Å². The Kier molecular flexibility index (Phi) is 28.4. The lowest BCUT2D eigenvalue weighted by Gasteiger charge is -2.12. The van der Waals surface area contributed by atoms with E-state index in [-0.39, 0.29) is 29.9 Å². The molecule has 0 aliphatic rings. The number of hydrogen-bond donors (Lipinski definition) is 5. The van der Waals surface area contributed by atoms with Gasteiger partial charge in [0.1, 0.15) is 17.5 Å². The van der Waals surface area contributed by atoms with Crippen LogP contribution in [0, 0.1) is 18.3 Å². The zero-order chi connectivity index (χ0) is 71.8. The van der Waals surface area contributed by atoms with Crippen LogP contribution < -0.4 is 22.5 Å². The van der Waals surface area contributed by atoms with Crippen molar-refractivity contribution in [3.05, 3.63) is 349 Å². The van der Waals surface area contributed by atoms with Crippen LogP contribution in [0.4, 0.5) is 28.8 Å². The van der Waals surface area contributed by atoms with E-state index in [1.807, 2.05) is 231 Å². The number of anilines is 5. The van der Waals surface area contributed by atoms with Gasteiger partial charge in [-0.1, -0.05) is 212 Å². The van der Waals surface area contributed by atoms with Crippen LogP contribution in [0.15, 0.2) is 321 Å². The van der Waals surface area contributed by atoms with E-state index in [1.54, 1.807) is 69.0 Å². The second-order valence-electron chi connectivity index (χ2n) is 21.6. The number of carboxylic acids is 1. The maximum absolute atomic E-state index is 12.1. The van der Waals surface area contributed by atoms with Crippen LogP contribution in [0.1, 0.15) is 53.4 Å². The number of halogens is 1. The Labute approximate surface area is 603 Å². The molecule has 14 rings (SSSR count). The first-order valence-corrected chi connectivity index (χ1v) is 32.4. The number of methoxy groups -OCH3 is 2. The van der Waals surface area contributed by atoms with E-state index >= 15 is 0 Å². The summed E-state index contributed by atoms with van der Waals surface area (Å²) < 4.78 is 15.3. The second-order valence-corrected chi connectivity index (χ2v) is 22.5. The zero-order valence-corrected chi connectivity index (χ0v) is 57.8. The molecule has 21 nitrogen and oxygen atoms in total. The van der Waals surface area contributed by atoms with Crippen molar-refractivity contribution in [2.45, 2.75) is 13.3 Å². The molecule has 103 heavy (non-hydrogen) atoms. The van der Waals surface area contributed by atoms with Crippen molar-refractivity contribution in [3.8, 4) is 56.9 Å². The van der Waals surface area contributed by atoms with E-state index in [1.165, 1.54) is 44.4 Å². The molecule has 14 aromatic rings. The third kappa shape index (κ3) is 21.6. The summed E-state index contributed by atoms with van der Waals surface area (Å²) in [6.45, 7) is 2.08. The van der Waals surface area contributed by atoms with E-state index < -0.39 is 11.9 Å². The average Bonchev–Trinajstić information content (AvgIpc) is 1.68. The summed E-state index contributed by atoms with van der Waals surface area (Å²) >= 11 is 3.17. The lowest BCUT2D eigenvalue weighted by atomic mass is 10.1. The highest BCUT2D eigenvalue weighted by atomic mass is 79.9. The van der Waals surface area contributed by atoms with Crippen LogP contribution in [-0.2, 0) is 9.47 Å². The first-order chi connectivity index (χ1) is 49.8. The quantitative estimate of drug-likeness (QED) is 0.0470. The number of esters is 2. The van der Waals surface area contributed by atoms with Crippen molar-refractivity contribution in [2.75, 3.05) is 30.6 Å². The van der Waals surface area contributed by atoms with Crippen molar-refractivity contribution in [3.63, 3.8) is 0 Å². The number of nitrogens with zero attached hydrogens (tertiary/aromatic N) is 10. The largest absolute Gasteiger partial charge is 0.478 e. The van der Waals surface area contributed by atoms with Gasteiger partial charge < -0.3 is 37.1 Å². The number of aryl methyl sites for hydroxylation is 1. The molecule has 0 atom stereocenters. The topological polar surface area (TPSA) is 308 Å². The van der Waals surface area contributed by atoms with Crippen molar-refractivity contribution in [1.29, 1.82) is 5.26 Å². The third-order valence-corrected chi connectivity index (χ3v) is 15.3. The molecule has 0 unspecified atom stereocenters. The molecule has 0 amide bonds. The summed E-state index contributed by atoms with van der Waals surface area (Å²) in [5.41, 5.74) is 18.2. The van der Waals surface area contributed by atoms with Crippen LogP contribution in [0.25, 0.3) is 50.8 Å². The number of pyridine rings is 3. The fraction of sp³-hybridized carbons (Fsp3) is 0.0494. The molecule has 514 valence electrons. The van der Waals surface area contributed by atoms with Gasteiger partial charge in [-0.3, -0.25) is 19.7 Å². The highest BCUT2D eigenvalue weighted by molar-refractivity contribution is 9.10. The number of ether oxygens (including phenoxy) is 2. The first kappa shape index (κ1) is 75.0. The molecule has 0 aliphatic carbocycles. The van der Waals surface area contributed by atoms with Gasteiger partial charge in [-0.25, -0.2) is 28.4 Å². The lowest BCUT2D eigenvalue weighted by Crippen LogP contribution is -2.08. The Balaban J connectivity index is 0.000000166. The van der Waals surface area contributed by atoms with Gasteiger partial charge in [0.05, 0.1) is 106 Å². The SMILES string of the molecule is COC(=O)c1ccncc1Br.COC(=O)c1ccncc1Nc1cc(-c2ccccc2)nn1-c1ccccc1.Cc1ccccc1.N.N#CCC(=O)c1ccccc1.Nc1cc(-c2ccccc2)nn1-c1ccccc1.O=C(O)c1ccncc1Nc1cc(-c2ccccc2)nn1-c1ccccc1. The predicted octanol–water partition coefficient (Wildman–Crippen LogP) is 17.5. The van der Waals surface area contributed by atoms with Gasteiger partial charge in [0.15, 0.2) is 5.78 Å². The lowest BCUT2D eigenvalue weighted by molar-refractivity contribution is 0.0591. The minimum atomic E-state index is -1.02. The molecule has 8 aromatic carbocycles. The Morgan fingerprint density at radius 2 is 0.806 bits per heavy atom. The van der Waals surface area contributed by atoms with Gasteiger partial charge >= 0.3 is 17.9 Å². The van der Waals surface area contributed by atoms with E-state index in [2.05, 4.69) is 70.4 Å². The first-order valence-electron chi connectivity index (χ1n) is 31.6. The number of hydrogen-bond acceptors (Lipinski definition) is 17. The molecule has 0 radical (unpaired) electrons. The minimum Gasteiger partial charge on any atom is -0.478 e. The third-order valence-electron chi connectivity index (χ3n) is 14.6. The summed E-state index contributed by atoms with van der Waals surface area (Å²) in [7, 11) is 2.70. The van der Waals surface area contributed by atoms with E-state index in [0.29, 0.717) is 50.0 Å². The highest BCUT2D eigenvalue weighted by Crippen LogP contribution is 2.31. The van der Waals surface area contributed by atoms with E-state index in [4.69, 9.17) is 25.9 Å². The maximum Gasteiger partial charge on any atom is 0.340 e. The monoisotopic (exact) mass is 1430 g/mol. The molecule has 22 heteroatoms. The number of ketones is 1. The number of nitriles is 1. The number of carbonyl (C=O) groups is 4. The predicted molar refractivity (Wildman–Crippen MR) is 405 cm³/mol. The van der Waals surface area contributed by atoms with Crippen LogP contribution in [0.3, 0.4) is 0 Å². The van der Waals surface area contributed by atoms with Gasteiger partial charge in [0.2, 0.25) is 0 Å². The molecular formula is C81H71BrN14O7. The number of aromatic carboxylic acids is 1. The van der Waals surface area contributed by atoms with Gasteiger partial charge in [-0.05, 0) is 77.5 Å². The molecule has 0 fully saturated rings. The standard InChI is InChI=1S/C22H18N4O2.C21H16N4O2.C15H13N3.C9H7NO.C7H6BrNO2.C7H8.H3N/c1-28-22(27)18-12-13-23-15-20(18)24-21-14-19(16-8-4-2-5-9-16)25-26(21)17-10-6-3-7-11-17;26-21(27)17-11-12-22-14-19(17)23-20-13-18(15-7-3-1-4-8-15)24-25(20)16-9-5-2-6-10-16;16-15-11-14(12-7-3-1-4-8-12)17-18(15)13-9-5-2-6-10-13;10-7-6-9(11)8-4-2-1-3-5-8;1-11-7(10)5-2-3-9-4-6(5)8;1-7-5-3-2-4-6-7;/h2-15,24H,1H3;1-14,23H,(H,26,27);1-11H,16H2;1-5H,6H2;2-4H,1H3;2-6H,1H3;1H3. The smallest absolute Gasteiger partial charge is 0.340 e. The Morgan fingerprint density at radius 3 is 1.19 bits per heavy atom. The Morgan fingerprint density at radius 1 is 0.466 bits per heavy atom. The number of nitrogens with one attached hydrogen (secondary N) is 2. The Hall–Kier alpha value is -13.8. The number of para-hydroxylation sites is 3. The summed E-state index contributed by atoms with van der Waals surface area (Å²) in [6, 6.07) is 90.4. The highest BCUT2D eigenvalue weighted by Gasteiger charge is 2.19. The molecule has 0 bridgehead atoms. The van der Waals surface area contributed by atoms with Gasteiger partial charge in [-0.15, -0.1) is 0 Å². The molecule has 0 saturated heterocycles. The second kappa shape index (κ2) is 39.0.